The van der Waals surface area contributed by atoms with Crippen LogP contribution in [0.5, 0.6) is 5.75 Å². The Labute approximate surface area is 146 Å². The minimum Gasteiger partial charge on any atom is -0.488 e. The largest absolute Gasteiger partial charge is 0.488 e. The van der Waals surface area contributed by atoms with Gasteiger partial charge in [0, 0.05) is 11.3 Å². The van der Waals surface area contributed by atoms with Crippen molar-refractivity contribution in [3.05, 3.63) is 95.6 Å². The number of hydrogen-bond donors (Lipinski definition) is 1. The fraction of sp³-hybridized carbons (Fsp3) is 0.0476. The van der Waals surface area contributed by atoms with E-state index in [1.807, 2.05) is 36.4 Å². The van der Waals surface area contributed by atoms with Crippen molar-refractivity contribution < 1.29 is 9.53 Å². The summed E-state index contributed by atoms with van der Waals surface area (Å²) in [5.41, 5.74) is 2.51. The zero-order valence-electron chi connectivity index (χ0n) is 13.5. The lowest BCUT2D eigenvalue weighted by Gasteiger charge is -2.10. The third kappa shape index (κ3) is 4.24. The van der Waals surface area contributed by atoms with Gasteiger partial charge in [-0.3, -0.25) is 4.79 Å². The van der Waals surface area contributed by atoms with E-state index in [9.17, 15) is 10.1 Å². The number of carbonyl (C=O) groups is 1. The Bertz CT molecular complexity index is 900. The van der Waals surface area contributed by atoms with Gasteiger partial charge < -0.3 is 10.1 Å². The molecule has 1 N–H and O–H groups in total. The van der Waals surface area contributed by atoms with E-state index in [-0.39, 0.29) is 5.91 Å². The van der Waals surface area contributed by atoms with E-state index in [2.05, 4.69) is 11.4 Å². The maximum atomic E-state index is 12.2. The van der Waals surface area contributed by atoms with Crippen molar-refractivity contribution in [2.24, 2.45) is 0 Å². The van der Waals surface area contributed by atoms with Crippen molar-refractivity contribution in [2.75, 3.05) is 5.32 Å². The summed E-state index contributed by atoms with van der Waals surface area (Å²) in [6.07, 6.45) is 0. The van der Waals surface area contributed by atoms with E-state index in [0.29, 0.717) is 29.2 Å². The lowest BCUT2D eigenvalue weighted by atomic mass is 10.1. The molecule has 0 spiro atoms. The van der Waals surface area contributed by atoms with Crippen LogP contribution in [0.4, 0.5) is 5.69 Å². The van der Waals surface area contributed by atoms with E-state index >= 15 is 0 Å². The Morgan fingerprint density at radius 3 is 2.32 bits per heavy atom. The first-order chi connectivity index (χ1) is 12.3. The maximum Gasteiger partial charge on any atom is 0.255 e. The lowest BCUT2D eigenvalue weighted by molar-refractivity contribution is 0.102. The Morgan fingerprint density at radius 1 is 0.960 bits per heavy atom. The number of amides is 1. The number of nitriles is 1. The van der Waals surface area contributed by atoms with Gasteiger partial charge in [0.05, 0.1) is 5.56 Å². The fourth-order valence-corrected chi connectivity index (χ4v) is 2.35. The summed E-state index contributed by atoms with van der Waals surface area (Å²) in [4.78, 5) is 12.2. The molecule has 0 radical (unpaired) electrons. The second-order valence-electron chi connectivity index (χ2n) is 5.42. The molecule has 1 amide bonds. The number of nitrogens with zero attached hydrogens (tertiary/aromatic N) is 1. The van der Waals surface area contributed by atoms with Gasteiger partial charge in [-0.05, 0) is 35.9 Å². The van der Waals surface area contributed by atoms with Gasteiger partial charge >= 0.3 is 0 Å². The van der Waals surface area contributed by atoms with Crippen LogP contribution < -0.4 is 10.1 Å². The Hall–Kier alpha value is -3.58. The second kappa shape index (κ2) is 7.80. The molecule has 0 aromatic heterocycles. The monoisotopic (exact) mass is 328 g/mol. The highest BCUT2D eigenvalue weighted by atomic mass is 16.5. The molecule has 0 bridgehead atoms. The summed E-state index contributed by atoms with van der Waals surface area (Å²) >= 11 is 0. The number of benzene rings is 3. The highest BCUT2D eigenvalue weighted by molar-refractivity contribution is 6.04. The summed E-state index contributed by atoms with van der Waals surface area (Å²) in [6.45, 7) is 0.380. The summed E-state index contributed by atoms with van der Waals surface area (Å²) < 4.78 is 5.72. The topological polar surface area (TPSA) is 62.1 Å². The average molecular weight is 328 g/mol. The van der Waals surface area contributed by atoms with E-state index in [4.69, 9.17) is 4.74 Å². The predicted molar refractivity (Wildman–Crippen MR) is 96.3 cm³/mol. The first-order valence-electron chi connectivity index (χ1n) is 7.83. The van der Waals surface area contributed by atoms with Crippen molar-refractivity contribution >= 4 is 11.6 Å². The van der Waals surface area contributed by atoms with Gasteiger partial charge in [0.25, 0.3) is 5.91 Å². The number of anilines is 1. The van der Waals surface area contributed by atoms with Crippen LogP contribution in [0.15, 0.2) is 78.9 Å². The molecule has 4 heteroatoms. The van der Waals surface area contributed by atoms with E-state index in [0.717, 1.165) is 5.56 Å². The lowest BCUT2D eigenvalue weighted by Crippen LogP contribution is -2.11. The Morgan fingerprint density at radius 2 is 1.64 bits per heavy atom. The SMILES string of the molecule is N#Cc1cc(NC(=O)c2ccccc2)ccc1OCc1ccccc1. The van der Waals surface area contributed by atoms with Gasteiger partial charge in [-0.15, -0.1) is 0 Å². The zero-order chi connectivity index (χ0) is 17.5. The van der Waals surface area contributed by atoms with Gasteiger partial charge in [0.1, 0.15) is 18.4 Å². The molecule has 0 aliphatic rings. The van der Waals surface area contributed by atoms with Gasteiger partial charge in [-0.25, -0.2) is 0 Å². The summed E-state index contributed by atoms with van der Waals surface area (Å²) in [7, 11) is 0. The number of nitrogens with one attached hydrogen (secondary N) is 1. The van der Waals surface area contributed by atoms with Crippen molar-refractivity contribution in [1.82, 2.24) is 0 Å². The molecule has 122 valence electrons. The van der Waals surface area contributed by atoms with Crippen molar-refractivity contribution in [3.8, 4) is 11.8 Å². The number of ether oxygens (including phenoxy) is 1. The average Bonchev–Trinajstić information content (AvgIpc) is 2.68. The van der Waals surface area contributed by atoms with Crippen LogP contribution in [0.3, 0.4) is 0 Å². The molecule has 3 rings (SSSR count). The van der Waals surface area contributed by atoms with Crippen LogP contribution in [-0.4, -0.2) is 5.91 Å². The molecule has 4 nitrogen and oxygen atoms in total. The molecule has 0 fully saturated rings. The van der Waals surface area contributed by atoms with Crippen LogP contribution >= 0.6 is 0 Å². The smallest absolute Gasteiger partial charge is 0.255 e. The molecular formula is C21H16N2O2. The first kappa shape index (κ1) is 16.3. The molecule has 0 heterocycles. The molecule has 0 aliphatic heterocycles. The third-order valence-electron chi connectivity index (χ3n) is 3.63. The quantitative estimate of drug-likeness (QED) is 0.755. The van der Waals surface area contributed by atoms with E-state index in [1.54, 1.807) is 42.5 Å². The summed E-state index contributed by atoms with van der Waals surface area (Å²) in [6, 6.07) is 25.8. The van der Waals surface area contributed by atoms with Gasteiger partial charge in [0.15, 0.2) is 0 Å². The minimum atomic E-state index is -0.220. The second-order valence-corrected chi connectivity index (χ2v) is 5.42. The molecular weight excluding hydrogens is 312 g/mol. The van der Waals surface area contributed by atoms with Crippen LogP contribution in [0, 0.1) is 11.3 Å². The molecule has 3 aromatic rings. The van der Waals surface area contributed by atoms with Gasteiger partial charge in [-0.2, -0.15) is 5.26 Å². The van der Waals surface area contributed by atoms with Crippen molar-refractivity contribution in [2.45, 2.75) is 6.61 Å². The van der Waals surface area contributed by atoms with Crippen LogP contribution in [0.25, 0.3) is 0 Å². The highest BCUT2D eigenvalue weighted by Gasteiger charge is 2.09. The van der Waals surface area contributed by atoms with Crippen molar-refractivity contribution in [3.63, 3.8) is 0 Å². The summed E-state index contributed by atoms with van der Waals surface area (Å²) in [5, 5.41) is 12.1. The van der Waals surface area contributed by atoms with E-state index in [1.165, 1.54) is 0 Å². The number of hydrogen-bond acceptors (Lipinski definition) is 3. The molecule has 0 atom stereocenters. The van der Waals surface area contributed by atoms with Crippen LogP contribution in [0.1, 0.15) is 21.5 Å². The van der Waals surface area contributed by atoms with Crippen molar-refractivity contribution in [1.29, 1.82) is 5.26 Å². The Balaban J connectivity index is 1.71. The molecule has 3 aromatic carbocycles. The normalized spacial score (nSPS) is 9.88. The predicted octanol–water partition coefficient (Wildman–Crippen LogP) is 4.39. The number of rotatable bonds is 5. The molecule has 0 saturated heterocycles. The summed E-state index contributed by atoms with van der Waals surface area (Å²) in [5.74, 6) is 0.270. The van der Waals surface area contributed by atoms with E-state index < -0.39 is 0 Å². The Kier molecular flexibility index (Phi) is 5.08. The van der Waals surface area contributed by atoms with Crippen LogP contribution in [0.2, 0.25) is 0 Å². The maximum absolute atomic E-state index is 12.2. The van der Waals surface area contributed by atoms with Crippen LogP contribution in [-0.2, 0) is 6.61 Å². The first-order valence-corrected chi connectivity index (χ1v) is 7.83. The van der Waals surface area contributed by atoms with Gasteiger partial charge in [0.2, 0.25) is 0 Å². The molecule has 0 saturated carbocycles. The highest BCUT2D eigenvalue weighted by Crippen LogP contribution is 2.23. The molecule has 0 aliphatic carbocycles. The van der Waals surface area contributed by atoms with Gasteiger partial charge in [-0.1, -0.05) is 48.5 Å². The zero-order valence-corrected chi connectivity index (χ0v) is 13.5. The molecule has 25 heavy (non-hydrogen) atoms. The standard InChI is InChI=1S/C21H16N2O2/c22-14-18-13-19(23-21(24)17-9-5-2-6-10-17)11-12-20(18)25-15-16-7-3-1-4-8-16/h1-13H,15H2,(H,23,24). The molecule has 0 unspecified atom stereocenters. The minimum absolute atomic E-state index is 0.220. The fourth-order valence-electron chi connectivity index (χ4n) is 2.35. The number of carbonyl (C=O) groups excluding carboxylic acids is 1. The third-order valence-corrected chi connectivity index (χ3v) is 3.63.